The Morgan fingerprint density at radius 2 is 1.69 bits per heavy atom. The van der Waals surface area contributed by atoms with E-state index in [0.29, 0.717) is 0 Å². The molecular formula is C26H32Cl2N2O2. The fourth-order valence-corrected chi connectivity index (χ4v) is 3.36. The van der Waals surface area contributed by atoms with Crippen molar-refractivity contribution in [3.05, 3.63) is 69.7 Å². The van der Waals surface area contributed by atoms with Gasteiger partial charge in [0.2, 0.25) is 0 Å². The quantitative estimate of drug-likeness (QED) is 0.513. The Kier molecular flexibility index (Phi) is 3.01. The number of nitrogens with zero attached hydrogens (tertiary/aromatic N) is 1. The zero-order valence-corrected chi connectivity index (χ0v) is 17.7. The first kappa shape index (κ1) is 8.81. The number of ketones is 1. The van der Waals surface area contributed by atoms with Crippen LogP contribution < -0.4 is 5.32 Å². The fourth-order valence-electron chi connectivity index (χ4n) is 2.86. The van der Waals surface area contributed by atoms with Crippen LogP contribution in [0.3, 0.4) is 0 Å². The summed E-state index contributed by atoms with van der Waals surface area (Å²) in [6.07, 6.45) is -28.6. The minimum absolute atomic E-state index is 0.200. The van der Waals surface area contributed by atoms with Gasteiger partial charge in [-0.1, -0.05) is 78.7 Å². The summed E-state index contributed by atoms with van der Waals surface area (Å²) in [6, 6.07) is 10.2. The third-order valence-electron chi connectivity index (χ3n) is 4.43. The van der Waals surface area contributed by atoms with Crippen LogP contribution in [0.25, 0.3) is 0 Å². The number of hydrogen-bond acceptors (Lipinski definition) is 4. The minimum Gasteiger partial charge on any atom is -0.384 e. The zero-order chi connectivity index (χ0) is 42.5. The molecule has 0 spiro atoms. The highest BCUT2D eigenvalue weighted by molar-refractivity contribution is 6.34. The highest BCUT2D eigenvalue weighted by Crippen LogP contribution is 2.37. The van der Waals surface area contributed by atoms with Crippen LogP contribution in [0, 0.1) is 0 Å². The summed E-state index contributed by atoms with van der Waals surface area (Å²) in [7, 11) is 0. The molecule has 4 rings (SSSR count). The van der Waals surface area contributed by atoms with E-state index in [1.165, 1.54) is 36.4 Å². The third kappa shape index (κ3) is 5.09. The summed E-state index contributed by atoms with van der Waals surface area (Å²) in [5.41, 5.74) is -8.66. The maximum atomic E-state index is 13.1. The van der Waals surface area contributed by atoms with Crippen molar-refractivity contribution in [2.75, 3.05) is 14.0 Å². The molecular weight excluding hydrogens is 443 g/mol. The first-order chi connectivity index (χ1) is 23.7. The number of halogens is 2. The summed E-state index contributed by atoms with van der Waals surface area (Å²) in [5.74, 6) is -1.80. The highest BCUT2D eigenvalue weighted by atomic mass is 35.5. The Morgan fingerprint density at radius 3 is 2.34 bits per heavy atom. The van der Waals surface area contributed by atoms with Crippen LogP contribution in [-0.4, -0.2) is 36.2 Å². The van der Waals surface area contributed by atoms with Crippen molar-refractivity contribution in [1.29, 1.82) is 0 Å². The molecule has 2 aromatic carbocycles. The molecule has 0 radical (unpaired) electrons. The number of hydrogen-bond donors (Lipinski definition) is 2. The molecule has 6 heteroatoms. The van der Waals surface area contributed by atoms with Crippen LogP contribution >= 0.6 is 23.2 Å². The van der Waals surface area contributed by atoms with Crippen molar-refractivity contribution in [3.63, 3.8) is 0 Å². The molecule has 0 saturated heterocycles. The van der Waals surface area contributed by atoms with Gasteiger partial charge >= 0.3 is 0 Å². The standard InChI is InChI=1S/2C13H16ClNO/c1-15-12(13(16)8-4-5-9-13)10-6-2-3-7-11(10)14;1-15-13(9-5-4-8-12(13)16)10-6-2-3-7-11(10)14/h2-3,6-7,16H,4-5,8-9H2,1H3;2-3,6-7,15H,4-5,8-9H2,1H3/i2*1D3,4D2,5D2,8D2,9D2. The van der Waals surface area contributed by atoms with Gasteiger partial charge in [-0.05, 0) is 50.2 Å². The van der Waals surface area contributed by atoms with Gasteiger partial charge in [0.1, 0.15) is 11.1 Å². The van der Waals surface area contributed by atoms with E-state index in [4.69, 9.17) is 53.4 Å². The van der Waals surface area contributed by atoms with Crippen LogP contribution in [0.5, 0.6) is 0 Å². The largest absolute Gasteiger partial charge is 0.384 e. The lowest BCUT2D eigenvalue weighted by atomic mass is 9.75. The second kappa shape index (κ2) is 10.9. The maximum Gasteiger partial charge on any atom is 0.157 e. The number of carbonyl (C=O) groups excluding carboxylic acids is 1. The molecule has 2 N–H and O–H groups in total. The molecule has 0 heterocycles. The van der Waals surface area contributed by atoms with Crippen molar-refractivity contribution < 1.29 is 40.1 Å². The Hall–Kier alpha value is -1.72. The molecule has 2 saturated carbocycles. The molecule has 0 amide bonds. The second-order valence-corrected chi connectivity index (χ2v) is 7.15. The number of carbonyl (C=O) groups is 1. The normalized spacial score (nSPS) is 46.5. The van der Waals surface area contributed by atoms with Gasteiger partial charge < -0.3 is 10.4 Å². The average molecular weight is 498 g/mol. The van der Waals surface area contributed by atoms with Crippen LogP contribution in [0.4, 0.5) is 0 Å². The molecule has 0 aromatic heterocycles. The van der Waals surface area contributed by atoms with Gasteiger partial charge in [-0.2, -0.15) is 0 Å². The van der Waals surface area contributed by atoms with E-state index in [2.05, 4.69) is 4.99 Å². The summed E-state index contributed by atoms with van der Waals surface area (Å²) in [4.78, 5) is 16.4. The molecule has 1 unspecified atom stereocenters. The third-order valence-corrected chi connectivity index (χ3v) is 5.09. The lowest BCUT2D eigenvalue weighted by molar-refractivity contribution is -0.127. The number of nitrogens with one attached hydrogen (secondary N) is 1. The predicted molar refractivity (Wildman–Crippen MR) is 133 cm³/mol. The van der Waals surface area contributed by atoms with Crippen molar-refractivity contribution in [2.45, 2.75) is 62.1 Å². The monoisotopic (exact) mass is 496 g/mol. The first-order valence-electron chi connectivity index (χ1n) is 19.9. The molecule has 172 valence electrons. The molecule has 0 aliphatic heterocycles. The summed E-state index contributed by atoms with van der Waals surface area (Å²) in [5, 5.41) is 12.4. The molecule has 32 heavy (non-hydrogen) atoms. The van der Waals surface area contributed by atoms with Crippen LogP contribution in [-0.2, 0) is 10.3 Å². The Bertz CT molecular complexity index is 1800. The minimum atomic E-state index is -3.62. The topological polar surface area (TPSA) is 61.7 Å². The predicted octanol–water partition coefficient (Wildman–Crippen LogP) is 5.96. The summed E-state index contributed by atoms with van der Waals surface area (Å²) < 4.78 is 172. The van der Waals surface area contributed by atoms with Crippen LogP contribution in [0.15, 0.2) is 53.5 Å². The molecule has 0 bridgehead atoms. The van der Waals surface area contributed by atoms with E-state index in [1.54, 1.807) is 5.32 Å². The lowest BCUT2D eigenvalue weighted by Gasteiger charge is -2.36. The molecule has 2 aromatic rings. The van der Waals surface area contributed by atoms with E-state index < -0.39 is 93.1 Å². The van der Waals surface area contributed by atoms with Crippen molar-refractivity contribution in [1.82, 2.24) is 5.32 Å². The van der Waals surface area contributed by atoms with E-state index in [0.717, 1.165) is 12.1 Å². The number of benzene rings is 2. The summed E-state index contributed by atoms with van der Waals surface area (Å²) >= 11 is 12.1. The number of Topliss-reactive ketones (excluding diaryl/α,β-unsaturated/α-hetero) is 1. The Labute approximate surface area is 232 Å². The number of rotatable bonds is 4. The van der Waals surface area contributed by atoms with Gasteiger partial charge in [-0.15, -0.1) is 0 Å². The van der Waals surface area contributed by atoms with Gasteiger partial charge in [0, 0.05) is 59.1 Å². The first-order valence-corrected chi connectivity index (χ1v) is 9.66. The zero-order valence-electron chi connectivity index (χ0n) is 38.2. The second-order valence-electron chi connectivity index (χ2n) is 6.33. The summed E-state index contributed by atoms with van der Waals surface area (Å²) in [6.45, 7) is -6.38. The molecule has 1 atom stereocenters. The van der Waals surface area contributed by atoms with E-state index in [9.17, 15) is 9.90 Å². The van der Waals surface area contributed by atoms with E-state index in [1.807, 2.05) is 0 Å². The number of aliphatic imine (C=N–C) groups is 1. The molecule has 4 nitrogen and oxygen atoms in total. The van der Waals surface area contributed by atoms with Gasteiger partial charge in [-0.3, -0.25) is 9.79 Å². The van der Waals surface area contributed by atoms with Gasteiger partial charge in [0.05, 0.1) is 5.71 Å². The van der Waals surface area contributed by atoms with E-state index in [-0.39, 0.29) is 15.6 Å². The smallest absolute Gasteiger partial charge is 0.157 e. The SMILES string of the molecule is [2H]C([2H])([2H])N=C(c1ccccc1Cl)C1(O)C([2H])([2H])C([2H])([2H])C([2H])([2H])C1([2H])[2H].[2H]C([2H])([2H])NC1(c2ccccc2Cl)C(=O)C([2H])([2H])C([2H])([2H])C([2H])([2H])C1([2H])[2H]. The highest BCUT2D eigenvalue weighted by Gasteiger charge is 2.41. The number of likely N-dealkylation sites (N-methyl/N-ethyl adjacent to an activating group) is 1. The Morgan fingerprint density at radius 1 is 1.03 bits per heavy atom. The van der Waals surface area contributed by atoms with Gasteiger partial charge in [0.25, 0.3) is 0 Å². The van der Waals surface area contributed by atoms with Gasteiger partial charge in [0.15, 0.2) is 5.78 Å². The van der Waals surface area contributed by atoms with Crippen LogP contribution in [0.2, 0.25) is 10.0 Å². The average Bonchev–Trinajstić information content (AvgIpc) is 3.05. The van der Waals surface area contributed by atoms with Crippen molar-refractivity contribution >= 4 is 34.7 Å². The van der Waals surface area contributed by atoms with E-state index >= 15 is 0 Å². The maximum absolute atomic E-state index is 13.1. The molecule has 2 aliphatic rings. The molecule has 2 fully saturated rings. The van der Waals surface area contributed by atoms with Crippen molar-refractivity contribution in [2.24, 2.45) is 4.99 Å². The fraction of sp³-hybridized carbons (Fsp3) is 0.462. The lowest BCUT2D eigenvalue weighted by Crippen LogP contribution is -2.49. The van der Waals surface area contributed by atoms with Gasteiger partial charge in [-0.25, -0.2) is 0 Å². The molecule has 2 aliphatic carbocycles. The van der Waals surface area contributed by atoms with Crippen molar-refractivity contribution in [3.8, 4) is 0 Å². The Balaban J connectivity index is 0.000000290. The van der Waals surface area contributed by atoms with Crippen LogP contribution in [0.1, 0.15) is 92.3 Å². The number of aliphatic hydroxyl groups is 1.